The maximum Gasteiger partial charge on any atom is 0.224 e. The van der Waals surface area contributed by atoms with Crippen LogP contribution in [0.25, 0.3) is 5.69 Å². The molecule has 1 amide bonds. The predicted molar refractivity (Wildman–Crippen MR) is 100 cm³/mol. The number of amides is 1. The van der Waals surface area contributed by atoms with Crippen LogP contribution >= 0.6 is 11.6 Å². The number of carbonyl (C=O) groups is 1. The first-order valence-electron chi connectivity index (χ1n) is 8.63. The van der Waals surface area contributed by atoms with Gasteiger partial charge in [-0.3, -0.25) is 4.79 Å². The summed E-state index contributed by atoms with van der Waals surface area (Å²) in [5, 5.41) is 7.97. The van der Waals surface area contributed by atoms with Crippen LogP contribution in [-0.4, -0.2) is 20.7 Å². The lowest BCUT2D eigenvalue weighted by Gasteiger charge is -2.15. The SMILES string of the molecule is C[C@H](NC(=O)[C@H]1C[C@@H]1c1ccccc1Cl)c1ccc(-n2cncn2)cc1. The number of hydrogen-bond acceptors (Lipinski definition) is 3. The van der Waals surface area contributed by atoms with Gasteiger partial charge in [0, 0.05) is 10.9 Å². The average Bonchev–Trinajstić information content (AvgIpc) is 3.26. The van der Waals surface area contributed by atoms with Crippen molar-refractivity contribution >= 4 is 17.5 Å². The highest BCUT2D eigenvalue weighted by Crippen LogP contribution is 2.49. The van der Waals surface area contributed by atoms with Crippen molar-refractivity contribution in [1.82, 2.24) is 20.1 Å². The molecule has 6 heteroatoms. The first kappa shape index (κ1) is 16.8. The minimum Gasteiger partial charge on any atom is -0.349 e. The van der Waals surface area contributed by atoms with Crippen molar-refractivity contribution in [2.24, 2.45) is 5.92 Å². The fourth-order valence-electron chi connectivity index (χ4n) is 3.27. The highest BCUT2D eigenvalue weighted by atomic mass is 35.5. The summed E-state index contributed by atoms with van der Waals surface area (Å²) >= 11 is 6.24. The predicted octanol–water partition coefficient (Wildman–Crippen LogP) is 3.90. The topological polar surface area (TPSA) is 59.8 Å². The Labute approximate surface area is 157 Å². The molecule has 1 saturated carbocycles. The van der Waals surface area contributed by atoms with E-state index in [9.17, 15) is 4.79 Å². The lowest BCUT2D eigenvalue weighted by Crippen LogP contribution is -2.28. The molecule has 5 nitrogen and oxygen atoms in total. The van der Waals surface area contributed by atoms with Gasteiger partial charge in [0.15, 0.2) is 0 Å². The molecule has 3 atom stereocenters. The molecule has 132 valence electrons. The molecule has 0 spiro atoms. The molecule has 1 aliphatic rings. The van der Waals surface area contributed by atoms with Gasteiger partial charge in [-0.2, -0.15) is 5.10 Å². The summed E-state index contributed by atoms with van der Waals surface area (Å²) in [6.07, 6.45) is 4.01. The molecule has 1 N–H and O–H groups in total. The third kappa shape index (κ3) is 3.35. The van der Waals surface area contributed by atoms with Crippen molar-refractivity contribution in [3.05, 3.63) is 77.3 Å². The van der Waals surface area contributed by atoms with Crippen molar-refractivity contribution in [3.8, 4) is 5.69 Å². The summed E-state index contributed by atoms with van der Waals surface area (Å²) in [6, 6.07) is 15.6. The minimum absolute atomic E-state index is 0.00627. The van der Waals surface area contributed by atoms with Crippen molar-refractivity contribution in [2.75, 3.05) is 0 Å². The van der Waals surface area contributed by atoms with E-state index in [1.54, 1.807) is 11.0 Å². The second-order valence-electron chi connectivity index (χ2n) is 6.63. The Morgan fingerprint density at radius 2 is 2.00 bits per heavy atom. The Morgan fingerprint density at radius 1 is 1.23 bits per heavy atom. The summed E-state index contributed by atoms with van der Waals surface area (Å²) in [5.41, 5.74) is 3.06. The summed E-state index contributed by atoms with van der Waals surface area (Å²) in [6.45, 7) is 2.00. The van der Waals surface area contributed by atoms with Crippen molar-refractivity contribution < 1.29 is 4.79 Å². The third-order valence-corrected chi connectivity index (χ3v) is 5.21. The highest BCUT2D eigenvalue weighted by Gasteiger charge is 2.45. The van der Waals surface area contributed by atoms with Crippen LogP contribution in [0.4, 0.5) is 0 Å². The largest absolute Gasteiger partial charge is 0.349 e. The quantitative estimate of drug-likeness (QED) is 0.745. The lowest BCUT2D eigenvalue weighted by atomic mass is 10.1. The van der Waals surface area contributed by atoms with Crippen molar-refractivity contribution in [3.63, 3.8) is 0 Å². The first-order valence-corrected chi connectivity index (χ1v) is 9.01. The molecular formula is C20H19ClN4O. The van der Waals surface area contributed by atoms with Gasteiger partial charge in [-0.25, -0.2) is 9.67 Å². The summed E-state index contributed by atoms with van der Waals surface area (Å²) in [7, 11) is 0. The van der Waals surface area contributed by atoms with E-state index >= 15 is 0 Å². The molecule has 0 unspecified atom stereocenters. The van der Waals surface area contributed by atoms with Gasteiger partial charge in [0.1, 0.15) is 12.7 Å². The molecule has 26 heavy (non-hydrogen) atoms. The van der Waals surface area contributed by atoms with E-state index in [-0.39, 0.29) is 23.8 Å². The van der Waals surface area contributed by atoms with Gasteiger partial charge in [-0.05, 0) is 48.6 Å². The van der Waals surface area contributed by atoms with Crippen LogP contribution < -0.4 is 5.32 Å². The van der Waals surface area contributed by atoms with Crippen molar-refractivity contribution in [2.45, 2.75) is 25.3 Å². The Kier molecular flexibility index (Phi) is 4.47. The standard InChI is InChI=1S/C20H19ClN4O/c1-13(14-6-8-15(9-7-14)25-12-22-11-23-25)24-20(26)18-10-17(18)16-4-2-3-5-19(16)21/h2-9,11-13,17-18H,10H2,1H3,(H,24,26)/t13-,17+,18-/m0/s1. The van der Waals surface area contributed by atoms with Crippen LogP contribution in [0, 0.1) is 5.92 Å². The molecule has 1 aromatic heterocycles. The summed E-state index contributed by atoms with van der Waals surface area (Å²) in [5.74, 6) is 0.320. The number of nitrogens with one attached hydrogen (secondary N) is 1. The van der Waals surface area contributed by atoms with Crippen LogP contribution in [0.1, 0.15) is 36.4 Å². The fourth-order valence-corrected chi connectivity index (χ4v) is 3.54. The van der Waals surface area contributed by atoms with Crippen LogP contribution in [0.3, 0.4) is 0 Å². The minimum atomic E-state index is -0.0557. The Morgan fingerprint density at radius 3 is 2.69 bits per heavy atom. The normalized spacial score (nSPS) is 19.8. The Bertz CT molecular complexity index is 908. The first-order chi connectivity index (χ1) is 12.6. The van der Waals surface area contributed by atoms with E-state index in [2.05, 4.69) is 15.4 Å². The van der Waals surface area contributed by atoms with Crippen LogP contribution in [-0.2, 0) is 4.79 Å². The second-order valence-corrected chi connectivity index (χ2v) is 7.04. The molecule has 4 rings (SSSR count). The molecule has 0 saturated heterocycles. The zero-order valence-corrected chi connectivity index (χ0v) is 15.1. The third-order valence-electron chi connectivity index (χ3n) is 4.87. The number of nitrogens with zero attached hydrogens (tertiary/aromatic N) is 3. The zero-order valence-electron chi connectivity index (χ0n) is 14.3. The van der Waals surface area contributed by atoms with E-state index < -0.39 is 0 Å². The van der Waals surface area contributed by atoms with E-state index in [1.807, 2.05) is 55.5 Å². The lowest BCUT2D eigenvalue weighted by molar-refractivity contribution is -0.123. The van der Waals surface area contributed by atoms with E-state index in [0.717, 1.165) is 28.3 Å². The van der Waals surface area contributed by atoms with Gasteiger partial charge in [0.25, 0.3) is 0 Å². The molecule has 0 bridgehead atoms. The molecule has 1 heterocycles. The zero-order chi connectivity index (χ0) is 18.1. The number of carbonyl (C=O) groups excluding carboxylic acids is 1. The molecular weight excluding hydrogens is 348 g/mol. The maximum absolute atomic E-state index is 12.6. The van der Waals surface area contributed by atoms with Crippen molar-refractivity contribution in [1.29, 1.82) is 0 Å². The van der Waals surface area contributed by atoms with E-state index in [4.69, 9.17) is 11.6 Å². The number of rotatable bonds is 5. The molecule has 2 aromatic carbocycles. The monoisotopic (exact) mass is 366 g/mol. The van der Waals surface area contributed by atoms with Crippen LogP contribution in [0.5, 0.6) is 0 Å². The average molecular weight is 367 g/mol. The fraction of sp³-hybridized carbons (Fsp3) is 0.250. The number of halogens is 1. The van der Waals surface area contributed by atoms with Gasteiger partial charge >= 0.3 is 0 Å². The van der Waals surface area contributed by atoms with E-state index in [1.165, 1.54) is 6.33 Å². The highest BCUT2D eigenvalue weighted by molar-refractivity contribution is 6.31. The van der Waals surface area contributed by atoms with Gasteiger partial charge in [0.05, 0.1) is 11.7 Å². The van der Waals surface area contributed by atoms with Gasteiger partial charge in [0.2, 0.25) is 5.91 Å². The Balaban J connectivity index is 1.38. The molecule has 0 radical (unpaired) electrons. The smallest absolute Gasteiger partial charge is 0.224 e. The van der Waals surface area contributed by atoms with Gasteiger partial charge < -0.3 is 5.32 Å². The number of benzene rings is 2. The van der Waals surface area contributed by atoms with Gasteiger partial charge in [-0.1, -0.05) is 41.9 Å². The Hall–Kier alpha value is -2.66. The summed E-state index contributed by atoms with van der Waals surface area (Å²) in [4.78, 5) is 16.5. The van der Waals surface area contributed by atoms with Crippen LogP contribution in [0.15, 0.2) is 61.2 Å². The van der Waals surface area contributed by atoms with Crippen LogP contribution in [0.2, 0.25) is 5.02 Å². The molecule has 1 fully saturated rings. The number of hydrogen-bond donors (Lipinski definition) is 1. The maximum atomic E-state index is 12.6. The summed E-state index contributed by atoms with van der Waals surface area (Å²) < 4.78 is 1.70. The van der Waals surface area contributed by atoms with E-state index in [0.29, 0.717) is 0 Å². The molecule has 1 aliphatic carbocycles. The molecule has 0 aliphatic heterocycles. The van der Waals surface area contributed by atoms with Gasteiger partial charge in [-0.15, -0.1) is 0 Å². The second kappa shape index (κ2) is 6.92. The number of aromatic nitrogens is 3. The molecule has 3 aromatic rings.